The summed E-state index contributed by atoms with van der Waals surface area (Å²) in [6.45, 7) is 2.16. The minimum absolute atomic E-state index is 0.208. The van der Waals surface area contributed by atoms with Gasteiger partial charge < -0.3 is 29.3 Å². The number of hydrogen-bond acceptors (Lipinski definition) is 5. The fourth-order valence-corrected chi connectivity index (χ4v) is 3.25. The van der Waals surface area contributed by atoms with E-state index in [0.717, 1.165) is 29.2 Å². The summed E-state index contributed by atoms with van der Waals surface area (Å²) in [6, 6.07) is 14.3. The molecule has 168 valence electrons. The zero-order valence-corrected chi connectivity index (χ0v) is 17.9. The quantitative estimate of drug-likeness (QED) is 0.420. The molecule has 1 aromatic heterocycles. The Labute approximate surface area is 186 Å². The molecule has 2 N–H and O–H groups in total. The number of halogens is 1. The first kappa shape index (κ1) is 21.5. The molecule has 0 radical (unpaired) electrons. The van der Waals surface area contributed by atoms with Crippen molar-refractivity contribution >= 4 is 11.6 Å². The molecule has 0 amide bonds. The second-order valence-electron chi connectivity index (χ2n) is 7.23. The first-order chi connectivity index (χ1) is 15.7. The highest BCUT2D eigenvalue weighted by molar-refractivity contribution is 5.94. The number of ether oxygens (including phenoxy) is 3. The summed E-state index contributed by atoms with van der Waals surface area (Å²) in [4.78, 5) is 4.62. The van der Waals surface area contributed by atoms with Gasteiger partial charge in [-0.05, 0) is 42.0 Å². The molecule has 0 spiro atoms. The molecule has 32 heavy (non-hydrogen) atoms. The van der Waals surface area contributed by atoms with Crippen molar-refractivity contribution in [1.29, 1.82) is 0 Å². The average Bonchev–Trinajstić information content (AvgIpc) is 3.21. The molecule has 1 aliphatic heterocycles. The Kier molecular flexibility index (Phi) is 7.12. The minimum atomic E-state index is -0.414. The average molecular weight is 439 g/mol. The fourth-order valence-electron chi connectivity index (χ4n) is 3.25. The second kappa shape index (κ2) is 10.6. The number of aliphatic imine (C=N–C) groups is 1. The smallest absolute Gasteiger partial charge is 0.196 e. The van der Waals surface area contributed by atoms with Crippen molar-refractivity contribution < 1.29 is 23.0 Å². The van der Waals surface area contributed by atoms with Gasteiger partial charge in [0.25, 0.3) is 0 Å². The summed E-state index contributed by atoms with van der Waals surface area (Å²) in [7, 11) is 1.44. The zero-order valence-electron chi connectivity index (χ0n) is 17.9. The van der Waals surface area contributed by atoms with E-state index in [1.165, 1.54) is 13.2 Å². The summed E-state index contributed by atoms with van der Waals surface area (Å²) in [5.74, 6) is 2.65. The summed E-state index contributed by atoms with van der Waals surface area (Å²) in [5, 5.41) is 6.59. The molecule has 0 saturated heterocycles. The van der Waals surface area contributed by atoms with Crippen LogP contribution in [-0.2, 0) is 13.0 Å². The third-order valence-electron chi connectivity index (χ3n) is 4.89. The molecule has 2 aromatic carbocycles. The monoisotopic (exact) mass is 439 g/mol. The minimum Gasteiger partial charge on any atom is -0.494 e. The highest BCUT2D eigenvalue weighted by atomic mass is 19.1. The van der Waals surface area contributed by atoms with Crippen molar-refractivity contribution in [3.05, 3.63) is 71.9 Å². The Morgan fingerprint density at radius 3 is 2.75 bits per heavy atom. The highest BCUT2D eigenvalue weighted by Gasteiger charge is 2.12. The van der Waals surface area contributed by atoms with Crippen LogP contribution in [-0.4, -0.2) is 32.8 Å². The first-order valence-electron chi connectivity index (χ1n) is 10.5. The molecular formula is C24H26FN3O4. The lowest BCUT2D eigenvalue weighted by atomic mass is 10.2. The van der Waals surface area contributed by atoms with Crippen molar-refractivity contribution in [1.82, 2.24) is 5.32 Å². The van der Waals surface area contributed by atoms with Crippen LogP contribution in [0.5, 0.6) is 17.2 Å². The van der Waals surface area contributed by atoms with Crippen LogP contribution in [0.3, 0.4) is 0 Å². The lowest BCUT2D eigenvalue weighted by molar-refractivity contribution is 0.297. The lowest BCUT2D eigenvalue weighted by Crippen LogP contribution is -2.32. The Morgan fingerprint density at radius 2 is 1.97 bits per heavy atom. The van der Waals surface area contributed by atoms with Crippen LogP contribution in [0.15, 0.2) is 64.2 Å². The van der Waals surface area contributed by atoms with E-state index in [-0.39, 0.29) is 5.75 Å². The molecule has 0 atom stereocenters. The molecular weight excluding hydrogens is 413 g/mol. The van der Waals surface area contributed by atoms with Crippen LogP contribution in [0.4, 0.5) is 10.1 Å². The molecule has 4 rings (SSSR count). The molecule has 1 aliphatic rings. The topological polar surface area (TPSA) is 77.2 Å². The van der Waals surface area contributed by atoms with Gasteiger partial charge >= 0.3 is 0 Å². The number of anilines is 1. The number of nitrogens with one attached hydrogen (secondary N) is 2. The van der Waals surface area contributed by atoms with Gasteiger partial charge in [-0.15, -0.1) is 0 Å². The number of benzene rings is 2. The molecule has 8 heteroatoms. The SMILES string of the molecule is COc1ccc(CN=C(NCCc2ccco2)Nc2ccc3c(c2)OCCCO3)cc1F. The van der Waals surface area contributed by atoms with Gasteiger partial charge in [0, 0.05) is 31.1 Å². The van der Waals surface area contributed by atoms with Crippen LogP contribution < -0.4 is 24.8 Å². The van der Waals surface area contributed by atoms with E-state index in [9.17, 15) is 4.39 Å². The Hall–Kier alpha value is -3.68. The van der Waals surface area contributed by atoms with Crippen LogP contribution in [0.1, 0.15) is 17.7 Å². The maximum absolute atomic E-state index is 14.0. The number of fused-ring (bicyclic) bond motifs is 1. The van der Waals surface area contributed by atoms with Gasteiger partial charge in [-0.2, -0.15) is 0 Å². The Balaban J connectivity index is 1.48. The van der Waals surface area contributed by atoms with E-state index in [4.69, 9.17) is 18.6 Å². The highest BCUT2D eigenvalue weighted by Crippen LogP contribution is 2.32. The van der Waals surface area contributed by atoms with Crippen LogP contribution in [0, 0.1) is 5.82 Å². The molecule has 2 heterocycles. The number of hydrogen-bond donors (Lipinski definition) is 2. The number of rotatable bonds is 7. The maximum atomic E-state index is 14.0. The van der Waals surface area contributed by atoms with Crippen LogP contribution >= 0.6 is 0 Å². The summed E-state index contributed by atoms with van der Waals surface area (Å²) in [5.41, 5.74) is 1.54. The van der Waals surface area contributed by atoms with E-state index >= 15 is 0 Å². The third kappa shape index (κ3) is 5.72. The molecule has 0 bridgehead atoms. The van der Waals surface area contributed by atoms with Gasteiger partial charge in [-0.3, -0.25) is 0 Å². The number of methoxy groups -OCH3 is 1. The van der Waals surface area contributed by atoms with Crippen LogP contribution in [0.2, 0.25) is 0 Å². The normalized spacial score (nSPS) is 13.4. The van der Waals surface area contributed by atoms with Gasteiger partial charge in [0.2, 0.25) is 0 Å². The summed E-state index contributed by atoms with van der Waals surface area (Å²) >= 11 is 0. The lowest BCUT2D eigenvalue weighted by Gasteiger charge is -2.14. The van der Waals surface area contributed by atoms with Crippen molar-refractivity contribution in [2.24, 2.45) is 4.99 Å². The van der Waals surface area contributed by atoms with Crippen molar-refractivity contribution in [3.8, 4) is 17.2 Å². The molecule has 0 aliphatic carbocycles. The van der Waals surface area contributed by atoms with Gasteiger partial charge in [0.05, 0.1) is 33.1 Å². The third-order valence-corrected chi connectivity index (χ3v) is 4.89. The Bertz CT molecular complexity index is 1050. The van der Waals surface area contributed by atoms with E-state index in [2.05, 4.69) is 15.6 Å². The molecule has 0 saturated carbocycles. The number of nitrogens with zero attached hydrogens (tertiary/aromatic N) is 1. The first-order valence-corrected chi connectivity index (χ1v) is 10.5. The van der Waals surface area contributed by atoms with Crippen molar-refractivity contribution in [3.63, 3.8) is 0 Å². The molecule has 7 nitrogen and oxygen atoms in total. The standard InChI is InChI=1S/C24H26FN3O4/c1-29-21-7-5-17(14-20(21)25)16-27-24(26-10-9-19-4-2-11-30-19)28-18-6-8-22-23(15-18)32-13-3-12-31-22/h2,4-8,11,14-15H,3,9-10,12-13,16H2,1H3,(H2,26,27,28). The van der Waals surface area contributed by atoms with Crippen molar-refractivity contribution in [2.75, 3.05) is 32.2 Å². The van der Waals surface area contributed by atoms with Gasteiger partial charge in [-0.25, -0.2) is 9.38 Å². The predicted octanol–water partition coefficient (Wildman–Crippen LogP) is 4.39. The van der Waals surface area contributed by atoms with E-state index in [1.807, 2.05) is 30.3 Å². The Morgan fingerprint density at radius 1 is 1.09 bits per heavy atom. The van der Waals surface area contributed by atoms with Crippen LogP contribution in [0.25, 0.3) is 0 Å². The van der Waals surface area contributed by atoms with Gasteiger partial charge in [-0.1, -0.05) is 6.07 Å². The zero-order chi connectivity index (χ0) is 22.2. The molecule has 0 fully saturated rings. The largest absolute Gasteiger partial charge is 0.494 e. The van der Waals surface area contributed by atoms with Gasteiger partial charge in [0.15, 0.2) is 29.0 Å². The molecule has 3 aromatic rings. The second-order valence-corrected chi connectivity index (χ2v) is 7.23. The van der Waals surface area contributed by atoms with Crippen molar-refractivity contribution in [2.45, 2.75) is 19.4 Å². The van der Waals surface area contributed by atoms with E-state index < -0.39 is 5.82 Å². The number of guanidine groups is 1. The van der Waals surface area contributed by atoms with E-state index in [0.29, 0.717) is 44.4 Å². The predicted molar refractivity (Wildman–Crippen MR) is 120 cm³/mol. The summed E-state index contributed by atoms with van der Waals surface area (Å²) < 4.78 is 35.9. The van der Waals surface area contributed by atoms with Gasteiger partial charge in [0.1, 0.15) is 5.76 Å². The summed E-state index contributed by atoms with van der Waals surface area (Å²) in [6.07, 6.45) is 3.20. The fraction of sp³-hybridized carbons (Fsp3) is 0.292. The van der Waals surface area contributed by atoms with E-state index in [1.54, 1.807) is 18.4 Å². The molecule has 0 unspecified atom stereocenters. The maximum Gasteiger partial charge on any atom is 0.196 e. The number of furan rings is 1.